The number of hydrogen-bond donors (Lipinski definition) is 0. The van der Waals surface area contributed by atoms with Crippen molar-refractivity contribution >= 4 is 44.7 Å². The number of rotatable bonds is 4. The van der Waals surface area contributed by atoms with Crippen LogP contribution in [0.3, 0.4) is 0 Å². The number of furan rings is 1. The molecule has 1 aromatic heterocycles. The first-order valence-electron chi connectivity index (χ1n) is 10.1. The largest absolute Gasteiger partial charge is 0.497 e. The van der Waals surface area contributed by atoms with E-state index in [2.05, 4.69) is 15.9 Å². The van der Waals surface area contributed by atoms with Gasteiger partial charge in [0.1, 0.15) is 22.8 Å². The number of fused-ring (bicyclic) bond motifs is 2. The zero-order valence-electron chi connectivity index (χ0n) is 17.7. The Kier molecular flexibility index (Phi) is 5.26. The molecule has 1 aliphatic rings. The molecule has 1 aliphatic heterocycles. The summed E-state index contributed by atoms with van der Waals surface area (Å²) in [6.45, 7) is 1.74. The third-order valence-corrected chi connectivity index (χ3v) is 5.83. The lowest BCUT2D eigenvalue weighted by atomic mass is 10.1. The van der Waals surface area contributed by atoms with Crippen LogP contribution in [0, 0.1) is 6.92 Å². The van der Waals surface area contributed by atoms with Crippen molar-refractivity contribution < 1.29 is 28.2 Å². The van der Waals surface area contributed by atoms with E-state index in [0.29, 0.717) is 28.2 Å². The molecule has 6 nitrogen and oxygen atoms in total. The molecular weight excluding hydrogens is 488 g/mol. The van der Waals surface area contributed by atoms with E-state index in [0.717, 1.165) is 21.2 Å². The van der Waals surface area contributed by atoms with Gasteiger partial charge >= 0.3 is 5.97 Å². The highest BCUT2D eigenvalue weighted by molar-refractivity contribution is 9.10. The molecule has 33 heavy (non-hydrogen) atoms. The summed E-state index contributed by atoms with van der Waals surface area (Å²) in [5.74, 6) is 0.800. The third-order valence-electron chi connectivity index (χ3n) is 5.33. The van der Waals surface area contributed by atoms with Crippen molar-refractivity contribution in [3.05, 3.63) is 93.3 Å². The molecule has 5 rings (SSSR count). The van der Waals surface area contributed by atoms with E-state index >= 15 is 0 Å². The summed E-state index contributed by atoms with van der Waals surface area (Å²) in [7, 11) is 1.59. The van der Waals surface area contributed by atoms with Gasteiger partial charge in [-0.1, -0.05) is 28.1 Å². The molecule has 0 saturated heterocycles. The minimum atomic E-state index is -0.635. The summed E-state index contributed by atoms with van der Waals surface area (Å²) in [6, 6.07) is 17.5. The minimum absolute atomic E-state index is 0.0834. The Balaban J connectivity index is 1.40. The minimum Gasteiger partial charge on any atom is -0.497 e. The van der Waals surface area contributed by atoms with Crippen molar-refractivity contribution in [3.63, 3.8) is 0 Å². The second kappa shape index (κ2) is 8.26. The second-order valence-corrected chi connectivity index (χ2v) is 8.38. The first-order chi connectivity index (χ1) is 15.9. The van der Waals surface area contributed by atoms with Crippen molar-refractivity contribution in [3.8, 4) is 17.2 Å². The molecule has 0 aliphatic carbocycles. The Labute approximate surface area is 197 Å². The Bertz CT molecular complexity index is 1450. The number of halogens is 1. The fourth-order valence-electron chi connectivity index (χ4n) is 3.60. The van der Waals surface area contributed by atoms with Gasteiger partial charge in [0.15, 0.2) is 5.76 Å². The van der Waals surface area contributed by atoms with E-state index in [4.69, 9.17) is 18.6 Å². The van der Waals surface area contributed by atoms with Crippen molar-refractivity contribution in [2.24, 2.45) is 0 Å². The van der Waals surface area contributed by atoms with Crippen LogP contribution in [0.25, 0.3) is 17.0 Å². The SMILES string of the molecule is COc1ccc(/C=C2\Oc3c(ccc(OC(=O)c4cc5cc(Br)ccc5o4)c3C)C2=O)cc1. The number of esters is 1. The molecule has 0 unspecified atom stereocenters. The van der Waals surface area contributed by atoms with Gasteiger partial charge in [-0.3, -0.25) is 4.79 Å². The number of allylic oxidation sites excluding steroid dienone is 1. The van der Waals surface area contributed by atoms with Crippen LogP contribution in [-0.4, -0.2) is 18.9 Å². The summed E-state index contributed by atoms with van der Waals surface area (Å²) < 4.78 is 23.1. The molecule has 0 N–H and O–H groups in total. The number of benzene rings is 3. The van der Waals surface area contributed by atoms with E-state index in [1.165, 1.54) is 0 Å². The Hall–Kier alpha value is -3.84. The number of hydrogen-bond acceptors (Lipinski definition) is 6. The summed E-state index contributed by atoms with van der Waals surface area (Å²) in [4.78, 5) is 25.5. The molecule has 164 valence electrons. The normalized spacial score (nSPS) is 13.8. The maximum absolute atomic E-state index is 12.8. The summed E-state index contributed by atoms with van der Waals surface area (Å²) in [5.41, 5.74) is 2.35. The lowest BCUT2D eigenvalue weighted by Crippen LogP contribution is -2.08. The molecule has 0 radical (unpaired) electrons. The van der Waals surface area contributed by atoms with Gasteiger partial charge in [-0.05, 0) is 67.1 Å². The maximum Gasteiger partial charge on any atom is 0.379 e. The van der Waals surface area contributed by atoms with Crippen LogP contribution in [0.4, 0.5) is 0 Å². The molecule has 7 heteroatoms. The lowest BCUT2D eigenvalue weighted by Gasteiger charge is -2.09. The molecule has 0 amide bonds. The molecule has 3 aromatic carbocycles. The molecule has 0 atom stereocenters. The van der Waals surface area contributed by atoms with E-state index in [1.807, 2.05) is 24.3 Å². The van der Waals surface area contributed by atoms with Gasteiger partial charge in [-0.15, -0.1) is 0 Å². The quantitative estimate of drug-likeness (QED) is 0.183. The van der Waals surface area contributed by atoms with E-state index < -0.39 is 5.97 Å². The van der Waals surface area contributed by atoms with Crippen LogP contribution in [0.1, 0.15) is 32.0 Å². The average Bonchev–Trinajstić information content (AvgIpc) is 3.37. The predicted octanol–water partition coefficient (Wildman–Crippen LogP) is 6.35. The molecular formula is C26H17BrO6. The van der Waals surface area contributed by atoms with Crippen LogP contribution in [0.15, 0.2) is 75.3 Å². The highest BCUT2D eigenvalue weighted by Crippen LogP contribution is 2.39. The maximum atomic E-state index is 12.8. The number of carbonyl (C=O) groups is 2. The molecule has 0 bridgehead atoms. The van der Waals surface area contributed by atoms with Gasteiger partial charge in [0.05, 0.1) is 12.7 Å². The molecule has 0 saturated carbocycles. The average molecular weight is 505 g/mol. The highest BCUT2D eigenvalue weighted by Gasteiger charge is 2.31. The van der Waals surface area contributed by atoms with E-state index in [9.17, 15) is 9.59 Å². The van der Waals surface area contributed by atoms with E-state index in [1.54, 1.807) is 56.5 Å². The smallest absolute Gasteiger partial charge is 0.379 e. The zero-order valence-corrected chi connectivity index (χ0v) is 19.3. The van der Waals surface area contributed by atoms with Gasteiger partial charge in [0.25, 0.3) is 0 Å². The van der Waals surface area contributed by atoms with Crippen LogP contribution >= 0.6 is 15.9 Å². The van der Waals surface area contributed by atoms with E-state index in [-0.39, 0.29) is 17.3 Å². The number of ether oxygens (including phenoxy) is 3. The lowest BCUT2D eigenvalue weighted by molar-refractivity contribution is 0.0702. The van der Waals surface area contributed by atoms with Crippen LogP contribution in [-0.2, 0) is 0 Å². The first-order valence-corrected chi connectivity index (χ1v) is 10.9. The Morgan fingerprint density at radius 1 is 1.03 bits per heavy atom. The Morgan fingerprint density at radius 3 is 2.58 bits per heavy atom. The number of Topliss-reactive ketones (excluding diaryl/α,β-unsaturated/α-hetero) is 1. The third kappa shape index (κ3) is 3.91. The molecule has 0 spiro atoms. The number of carbonyl (C=O) groups excluding carboxylic acids is 2. The monoisotopic (exact) mass is 504 g/mol. The van der Waals surface area contributed by atoms with Crippen molar-refractivity contribution in [2.75, 3.05) is 7.11 Å². The van der Waals surface area contributed by atoms with Gasteiger partial charge in [-0.2, -0.15) is 0 Å². The van der Waals surface area contributed by atoms with Crippen LogP contribution in [0.2, 0.25) is 0 Å². The fraction of sp³-hybridized carbons (Fsp3) is 0.0769. The highest BCUT2D eigenvalue weighted by atomic mass is 79.9. The predicted molar refractivity (Wildman–Crippen MR) is 126 cm³/mol. The second-order valence-electron chi connectivity index (χ2n) is 7.46. The molecule has 2 heterocycles. The van der Waals surface area contributed by atoms with Gasteiger partial charge < -0.3 is 18.6 Å². The molecule has 4 aromatic rings. The summed E-state index contributed by atoms with van der Waals surface area (Å²) in [5, 5.41) is 0.782. The van der Waals surface area contributed by atoms with Gasteiger partial charge in [0, 0.05) is 15.4 Å². The standard InChI is InChI=1S/C26H17BrO6/c1-14-20(33-26(29)23-13-16-12-17(27)5-9-21(16)31-23)10-8-19-24(28)22(32-25(14)19)11-15-3-6-18(30-2)7-4-15/h3-13H,1-2H3/b22-11-. The van der Waals surface area contributed by atoms with Crippen LogP contribution in [0.5, 0.6) is 17.2 Å². The summed E-state index contributed by atoms with van der Waals surface area (Å²) >= 11 is 3.40. The van der Waals surface area contributed by atoms with Gasteiger partial charge in [-0.25, -0.2) is 4.79 Å². The molecule has 0 fully saturated rings. The van der Waals surface area contributed by atoms with Crippen LogP contribution < -0.4 is 14.2 Å². The first kappa shape index (κ1) is 21.0. The topological polar surface area (TPSA) is 75.0 Å². The van der Waals surface area contributed by atoms with Crippen molar-refractivity contribution in [2.45, 2.75) is 6.92 Å². The van der Waals surface area contributed by atoms with Crippen molar-refractivity contribution in [1.29, 1.82) is 0 Å². The number of methoxy groups -OCH3 is 1. The van der Waals surface area contributed by atoms with Gasteiger partial charge in [0.2, 0.25) is 11.5 Å². The van der Waals surface area contributed by atoms with Crippen molar-refractivity contribution in [1.82, 2.24) is 0 Å². The Morgan fingerprint density at radius 2 is 1.82 bits per heavy atom. The number of ketones is 1. The fourth-order valence-corrected chi connectivity index (χ4v) is 3.97. The zero-order chi connectivity index (χ0) is 23.1. The summed E-state index contributed by atoms with van der Waals surface area (Å²) in [6.07, 6.45) is 1.67.